The normalized spacial score (nSPS) is 11.0. The molecule has 33 heavy (non-hydrogen) atoms. The van der Waals surface area contributed by atoms with Crippen LogP contribution in [-0.2, 0) is 11.3 Å². The van der Waals surface area contributed by atoms with Crippen LogP contribution in [0.2, 0.25) is 0 Å². The number of methoxy groups -OCH3 is 2. The van der Waals surface area contributed by atoms with Gasteiger partial charge in [0.15, 0.2) is 5.78 Å². The van der Waals surface area contributed by atoms with Crippen LogP contribution >= 0.6 is 0 Å². The van der Waals surface area contributed by atoms with Crippen LogP contribution < -0.4 is 15.2 Å². The number of ketones is 1. The molecule has 0 radical (unpaired) electrons. The molecular weight excluding hydrogens is 422 g/mol. The molecule has 4 aromatic rings. The molecule has 4 rings (SSSR count). The lowest BCUT2D eigenvalue weighted by Gasteiger charge is -2.15. The van der Waals surface area contributed by atoms with Crippen LogP contribution in [0.1, 0.15) is 30.1 Å². The van der Waals surface area contributed by atoms with Crippen molar-refractivity contribution >= 4 is 22.7 Å². The number of carbonyl (C=O) groups excluding carboxylic acids is 2. The lowest BCUT2D eigenvalue weighted by Crippen LogP contribution is -2.18. The summed E-state index contributed by atoms with van der Waals surface area (Å²) in [6.45, 7) is 1.98. The zero-order chi connectivity index (χ0) is 23.5. The second-order valence-electron chi connectivity index (χ2n) is 7.61. The highest BCUT2D eigenvalue weighted by Gasteiger charge is 2.20. The van der Waals surface area contributed by atoms with E-state index in [1.54, 1.807) is 18.7 Å². The largest absolute Gasteiger partial charge is 0.496 e. The molecule has 0 aliphatic heterocycles. The summed E-state index contributed by atoms with van der Waals surface area (Å²) in [6, 6.07) is 9.49. The van der Waals surface area contributed by atoms with E-state index in [-0.39, 0.29) is 12.3 Å². The molecule has 0 saturated heterocycles. The number of ether oxygens (including phenoxy) is 2. The molecule has 2 N–H and O–H groups in total. The Morgan fingerprint density at radius 3 is 2.42 bits per heavy atom. The van der Waals surface area contributed by atoms with Crippen molar-refractivity contribution in [2.24, 2.45) is 5.73 Å². The number of carbonyl (C=O) groups is 2. The molecule has 2 aromatic heterocycles. The molecule has 2 aromatic carbocycles. The van der Waals surface area contributed by atoms with Crippen molar-refractivity contribution in [1.82, 2.24) is 19.3 Å². The zero-order valence-electron chi connectivity index (χ0n) is 18.7. The van der Waals surface area contributed by atoms with Gasteiger partial charge in [-0.15, -0.1) is 0 Å². The summed E-state index contributed by atoms with van der Waals surface area (Å²) in [5, 5.41) is 4.17. The number of fused-ring (bicyclic) bond motifs is 1. The van der Waals surface area contributed by atoms with Gasteiger partial charge < -0.3 is 15.2 Å². The minimum absolute atomic E-state index is 0.0187. The minimum atomic E-state index is -0.452. The summed E-state index contributed by atoms with van der Waals surface area (Å²) in [4.78, 5) is 28.3. The fourth-order valence-corrected chi connectivity index (χ4v) is 3.82. The van der Waals surface area contributed by atoms with Crippen LogP contribution in [0.3, 0.4) is 0 Å². The van der Waals surface area contributed by atoms with E-state index in [4.69, 9.17) is 15.2 Å². The quantitative estimate of drug-likeness (QED) is 0.394. The first kappa shape index (κ1) is 22.1. The van der Waals surface area contributed by atoms with E-state index >= 15 is 0 Å². The Labute approximate surface area is 190 Å². The van der Waals surface area contributed by atoms with Gasteiger partial charge in [-0.3, -0.25) is 18.8 Å². The molecule has 0 fully saturated rings. The lowest BCUT2D eigenvalue weighted by molar-refractivity contribution is -0.118. The number of aromatic nitrogens is 4. The molecule has 0 aliphatic carbocycles. The highest BCUT2D eigenvalue weighted by molar-refractivity contribution is 6.01. The molecule has 0 spiro atoms. The Balaban J connectivity index is 1.74. The van der Waals surface area contributed by atoms with Gasteiger partial charge in [-0.2, -0.15) is 5.10 Å². The van der Waals surface area contributed by atoms with Gasteiger partial charge in [-0.25, -0.2) is 4.98 Å². The van der Waals surface area contributed by atoms with E-state index in [1.807, 2.05) is 41.8 Å². The summed E-state index contributed by atoms with van der Waals surface area (Å²) < 4.78 is 14.5. The molecular formula is C24H25N5O4. The summed E-state index contributed by atoms with van der Waals surface area (Å²) in [5.74, 6) is 0.452. The van der Waals surface area contributed by atoms with E-state index in [0.717, 1.165) is 34.3 Å². The van der Waals surface area contributed by atoms with Crippen LogP contribution in [0.5, 0.6) is 11.5 Å². The number of benzene rings is 2. The number of hydrogen-bond acceptors (Lipinski definition) is 6. The summed E-state index contributed by atoms with van der Waals surface area (Å²) in [6.07, 6.45) is 6.32. The maximum absolute atomic E-state index is 12.6. The minimum Gasteiger partial charge on any atom is -0.496 e. The highest BCUT2D eigenvalue weighted by atomic mass is 16.5. The van der Waals surface area contributed by atoms with Gasteiger partial charge in [0.2, 0.25) is 5.91 Å². The molecule has 1 amide bonds. The maximum atomic E-state index is 12.6. The number of primary amides is 1. The third-order valence-corrected chi connectivity index (χ3v) is 5.36. The van der Waals surface area contributed by atoms with E-state index in [2.05, 4.69) is 10.1 Å². The van der Waals surface area contributed by atoms with Gasteiger partial charge in [0.1, 0.15) is 29.9 Å². The third kappa shape index (κ3) is 4.30. The van der Waals surface area contributed by atoms with Gasteiger partial charge in [-0.1, -0.05) is 13.0 Å². The van der Waals surface area contributed by atoms with Gasteiger partial charge in [0.25, 0.3) is 0 Å². The zero-order valence-corrected chi connectivity index (χ0v) is 18.7. The fourth-order valence-electron chi connectivity index (χ4n) is 3.82. The van der Waals surface area contributed by atoms with Crippen molar-refractivity contribution in [3.63, 3.8) is 0 Å². The molecule has 0 unspecified atom stereocenters. The summed E-state index contributed by atoms with van der Waals surface area (Å²) in [5.41, 5.74) is 9.88. The second kappa shape index (κ2) is 9.15. The number of Topliss-reactive ketones (excluding diaryl/α,β-unsaturated/α-hetero) is 1. The Morgan fingerprint density at radius 1 is 1.06 bits per heavy atom. The van der Waals surface area contributed by atoms with Crippen LogP contribution in [0.4, 0.5) is 0 Å². The van der Waals surface area contributed by atoms with Gasteiger partial charge in [0.05, 0.1) is 37.1 Å². The van der Waals surface area contributed by atoms with Gasteiger partial charge in [-0.05, 0) is 24.1 Å². The first-order chi connectivity index (χ1) is 15.9. The van der Waals surface area contributed by atoms with Gasteiger partial charge >= 0.3 is 0 Å². The standard InChI is InChI=1S/C24H25N5O4/c1-4-5-20(30)24-21(32-2)9-17(10-22(24)33-3)29-14-26-18-8-15(6-7-19(18)29)16-11-27-28(12-16)13-23(25)31/h6-12,14H,4-5,13H2,1-3H3,(H2,25,31). The molecule has 9 nitrogen and oxygen atoms in total. The van der Waals surface area contributed by atoms with Crippen LogP contribution in [0.25, 0.3) is 27.8 Å². The molecule has 0 aliphatic rings. The highest BCUT2D eigenvalue weighted by Crippen LogP contribution is 2.35. The molecule has 2 heterocycles. The predicted octanol–water partition coefficient (Wildman–Crippen LogP) is 3.37. The van der Waals surface area contributed by atoms with E-state index in [1.165, 1.54) is 18.9 Å². The SMILES string of the molecule is CCCC(=O)c1c(OC)cc(-n2cnc3cc(-c4cnn(CC(N)=O)c4)ccc32)cc1OC. The molecule has 170 valence electrons. The molecule has 0 saturated carbocycles. The average Bonchev–Trinajstić information content (AvgIpc) is 3.44. The number of hydrogen-bond donors (Lipinski definition) is 1. The fraction of sp³-hybridized carbons (Fsp3) is 0.250. The smallest absolute Gasteiger partial charge is 0.239 e. The Kier molecular flexibility index (Phi) is 6.12. The Morgan fingerprint density at radius 2 is 1.79 bits per heavy atom. The maximum Gasteiger partial charge on any atom is 0.239 e. The van der Waals surface area contributed by atoms with E-state index in [0.29, 0.717) is 23.5 Å². The second-order valence-corrected chi connectivity index (χ2v) is 7.61. The summed E-state index contributed by atoms with van der Waals surface area (Å²) >= 11 is 0. The van der Waals surface area contributed by atoms with Crippen molar-refractivity contribution in [3.8, 4) is 28.3 Å². The van der Waals surface area contributed by atoms with Crippen LogP contribution in [-0.4, -0.2) is 45.2 Å². The Hall–Kier alpha value is -4.14. The topological polar surface area (TPSA) is 114 Å². The van der Waals surface area contributed by atoms with Gasteiger partial charge in [0, 0.05) is 30.3 Å². The Bertz CT molecular complexity index is 1310. The average molecular weight is 447 g/mol. The van der Waals surface area contributed by atoms with Crippen molar-refractivity contribution < 1.29 is 19.1 Å². The number of imidazole rings is 1. The van der Waals surface area contributed by atoms with Crippen molar-refractivity contribution in [1.29, 1.82) is 0 Å². The predicted molar refractivity (Wildman–Crippen MR) is 124 cm³/mol. The van der Waals surface area contributed by atoms with Crippen molar-refractivity contribution in [3.05, 3.63) is 54.6 Å². The number of nitrogens with zero attached hydrogens (tertiary/aromatic N) is 4. The molecule has 0 atom stereocenters. The number of rotatable bonds is 9. The number of nitrogens with two attached hydrogens (primary N) is 1. The lowest BCUT2D eigenvalue weighted by atomic mass is 10.0. The first-order valence-corrected chi connectivity index (χ1v) is 10.5. The molecule has 9 heteroatoms. The summed E-state index contributed by atoms with van der Waals surface area (Å²) in [7, 11) is 3.08. The third-order valence-electron chi connectivity index (χ3n) is 5.36. The van der Waals surface area contributed by atoms with Crippen molar-refractivity contribution in [2.75, 3.05) is 14.2 Å². The van der Waals surface area contributed by atoms with E-state index in [9.17, 15) is 9.59 Å². The van der Waals surface area contributed by atoms with Crippen LogP contribution in [0.15, 0.2) is 49.1 Å². The van der Waals surface area contributed by atoms with E-state index < -0.39 is 5.91 Å². The van der Waals surface area contributed by atoms with Crippen molar-refractivity contribution in [2.45, 2.75) is 26.3 Å². The monoisotopic (exact) mass is 447 g/mol. The number of amides is 1. The first-order valence-electron chi connectivity index (χ1n) is 10.5. The molecule has 0 bridgehead atoms. The van der Waals surface area contributed by atoms with Crippen LogP contribution in [0, 0.1) is 0 Å².